The molecular formula is C29H30N2O4. The molecule has 0 radical (unpaired) electrons. The summed E-state index contributed by atoms with van der Waals surface area (Å²) in [5, 5.41) is 5.78. The SMILES string of the molecule is CCOC(=O)C1(c2ccccc2)CC[C@@H](C(=O)NCCNC(=O)c2ccccc2)c2ccccc21. The van der Waals surface area contributed by atoms with Crippen molar-refractivity contribution in [3.05, 3.63) is 107 Å². The molecule has 0 fully saturated rings. The van der Waals surface area contributed by atoms with Gasteiger partial charge in [0.1, 0.15) is 5.41 Å². The van der Waals surface area contributed by atoms with Gasteiger partial charge in [0.15, 0.2) is 0 Å². The first-order valence-electron chi connectivity index (χ1n) is 12.0. The molecule has 2 N–H and O–H groups in total. The molecule has 1 aliphatic carbocycles. The molecule has 3 aromatic rings. The van der Waals surface area contributed by atoms with Crippen LogP contribution in [0, 0.1) is 0 Å². The number of esters is 1. The highest BCUT2D eigenvalue weighted by Crippen LogP contribution is 2.47. The molecule has 0 bridgehead atoms. The first-order valence-corrected chi connectivity index (χ1v) is 12.0. The molecular weight excluding hydrogens is 440 g/mol. The Labute approximate surface area is 205 Å². The Morgan fingerprint density at radius 3 is 2.20 bits per heavy atom. The number of nitrogens with one attached hydrogen (secondary N) is 2. The molecule has 35 heavy (non-hydrogen) atoms. The van der Waals surface area contributed by atoms with E-state index in [-0.39, 0.29) is 30.3 Å². The Kier molecular flexibility index (Phi) is 7.60. The number of hydrogen-bond donors (Lipinski definition) is 2. The van der Waals surface area contributed by atoms with E-state index in [4.69, 9.17) is 4.74 Å². The van der Waals surface area contributed by atoms with E-state index in [1.54, 1.807) is 19.1 Å². The Morgan fingerprint density at radius 2 is 1.49 bits per heavy atom. The summed E-state index contributed by atoms with van der Waals surface area (Å²) < 4.78 is 5.55. The Hall–Kier alpha value is -3.93. The van der Waals surface area contributed by atoms with Gasteiger partial charge in [-0.15, -0.1) is 0 Å². The maximum absolute atomic E-state index is 13.4. The van der Waals surface area contributed by atoms with Crippen LogP contribution < -0.4 is 10.6 Å². The summed E-state index contributed by atoms with van der Waals surface area (Å²) in [4.78, 5) is 38.8. The van der Waals surface area contributed by atoms with E-state index in [2.05, 4.69) is 10.6 Å². The van der Waals surface area contributed by atoms with Gasteiger partial charge < -0.3 is 15.4 Å². The average Bonchev–Trinajstić information content (AvgIpc) is 2.91. The highest BCUT2D eigenvalue weighted by Gasteiger charge is 2.49. The number of fused-ring (bicyclic) bond motifs is 1. The summed E-state index contributed by atoms with van der Waals surface area (Å²) in [6.45, 7) is 2.73. The van der Waals surface area contributed by atoms with E-state index in [1.165, 1.54) is 0 Å². The van der Waals surface area contributed by atoms with Gasteiger partial charge in [-0.05, 0) is 48.6 Å². The van der Waals surface area contributed by atoms with Gasteiger partial charge >= 0.3 is 5.97 Å². The predicted octanol–water partition coefficient (Wildman–Crippen LogP) is 3.96. The zero-order valence-corrected chi connectivity index (χ0v) is 19.8. The largest absolute Gasteiger partial charge is 0.465 e. The third kappa shape index (κ3) is 4.97. The van der Waals surface area contributed by atoms with Gasteiger partial charge in [-0.25, -0.2) is 0 Å². The summed E-state index contributed by atoms with van der Waals surface area (Å²) in [6.07, 6.45) is 0.975. The van der Waals surface area contributed by atoms with Crippen LogP contribution in [-0.4, -0.2) is 37.5 Å². The average molecular weight is 471 g/mol. The van der Waals surface area contributed by atoms with Crippen molar-refractivity contribution in [3.63, 3.8) is 0 Å². The quantitative estimate of drug-likeness (QED) is 0.386. The molecule has 0 heterocycles. The molecule has 6 nitrogen and oxygen atoms in total. The van der Waals surface area contributed by atoms with Crippen molar-refractivity contribution in [3.8, 4) is 0 Å². The van der Waals surface area contributed by atoms with Crippen molar-refractivity contribution >= 4 is 17.8 Å². The van der Waals surface area contributed by atoms with Crippen LogP contribution >= 0.6 is 0 Å². The minimum atomic E-state index is -0.950. The number of carbonyl (C=O) groups is 3. The third-order valence-electron chi connectivity index (χ3n) is 6.56. The van der Waals surface area contributed by atoms with Crippen LogP contribution in [0.1, 0.15) is 52.7 Å². The van der Waals surface area contributed by atoms with Crippen molar-refractivity contribution in [2.75, 3.05) is 19.7 Å². The topological polar surface area (TPSA) is 84.5 Å². The summed E-state index contributed by atoms with van der Waals surface area (Å²) in [5.41, 5.74) is 2.15. The van der Waals surface area contributed by atoms with Crippen LogP contribution in [0.5, 0.6) is 0 Å². The molecule has 0 aliphatic heterocycles. The fraction of sp³-hybridized carbons (Fsp3) is 0.276. The minimum absolute atomic E-state index is 0.114. The number of hydrogen-bond acceptors (Lipinski definition) is 4. The molecule has 4 rings (SSSR count). The number of rotatable bonds is 8. The normalized spacial score (nSPS) is 18.7. The van der Waals surface area contributed by atoms with E-state index in [0.717, 1.165) is 16.7 Å². The second kappa shape index (κ2) is 11.0. The van der Waals surface area contributed by atoms with E-state index >= 15 is 0 Å². The van der Waals surface area contributed by atoms with Crippen LogP contribution in [-0.2, 0) is 19.7 Å². The molecule has 1 unspecified atom stereocenters. The Bertz CT molecular complexity index is 1180. The van der Waals surface area contributed by atoms with Gasteiger partial charge in [0.25, 0.3) is 5.91 Å². The monoisotopic (exact) mass is 470 g/mol. The lowest BCUT2D eigenvalue weighted by molar-refractivity contribution is -0.149. The van der Waals surface area contributed by atoms with Gasteiger partial charge in [0, 0.05) is 18.7 Å². The van der Waals surface area contributed by atoms with Crippen LogP contribution in [0.25, 0.3) is 0 Å². The Morgan fingerprint density at radius 1 is 0.857 bits per heavy atom. The summed E-state index contributed by atoms with van der Waals surface area (Å²) >= 11 is 0. The molecule has 180 valence electrons. The fourth-order valence-corrected chi connectivity index (χ4v) is 4.90. The number of carbonyl (C=O) groups excluding carboxylic acids is 3. The van der Waals surface area contributed by atoms with E-state index in [1.807, 2.05) is 72.8 Å². The number of benzene rings is 3. The second-order valence-electron chi connectivity index (χ2n) is 8.58. The molecule has 0 saturated heterocycles. The predicted molar refractivity (Wildman–Crippen MR) is 134 cm³/mol. The lowest BCUT2D eigenvalue weighted by atomic mass is 9.63. The van der Waals surface area contributed by atoms with E-state index in [0.29, 0.717) is 31.5 Å². The molecule has 1 aliphatic rings. The van der Waals surface area contributed by atoms with Crippen molar-refractivity contribution in [1.29, 1.82) is 0 Å². The summed E-state index contributed by atoms with van der Waals surface area (Å²) in [5.74, 6) is -0.967. The smallest absolute Gasteiger partial charge is 0.321 e. The van der Waals surface area contributed by atoms with E-state index < -0.39 is 5.41 Å². The number of amides is 2. The zero-order valence-electron chi connectivity index (χ0n) is 19.8. The highest BCUT2D eigenvalue weighted by molar-refractivity contribution is 5.94. The second-order valence-corrected chi connectivity index (χ2v) is 8.58. The molecule has 2 atom stereocenters. The van der Waals surface area contributed by atoms with Crippen molar-refractivity contribution in [2.24, 2.45) is 0 Å². The summed E-state index contributed by atoms with van der Waals surface area (Å²) in [6, 6.07) is 26.3. The van der Waals surface area contributed by atoms with Gasteiger partial charge in [0.2, 0.25) is 5.91 Å². The molecule has 2 amide bonds. The van der Waals surface area contributed by atoms with Crippen LogP contribution in [0.15, 0.2) is 84.9 Å². The van der Waals surface area contributed by atoms with Crippen LogP contribution in [0.4, 0.5) is 0 Å². The first-order chi connectivity index (χ1) is 17.1. The van der Waals surface area contributed by atoms with Crippen molar-refractivity contribution in [1.82, 2.24) is 10.6 Å². The Balaban J connectivity index is 1.51. The van der Waals surface area contributed by atoms with Gasteiger partial charge in [-0.3, -0.25) is 14.4 Å². The molecule has 6 heteroatoms. The first kappa shape index (κ1) is 24.2. The molecule has 0 saturated carbocycles. The minimum Gasteiger partial charge on any atom is -0.465 e. The standard InChI is InChI=1S/C29H30N2O4/c1-2-35-28(34)29(22-13-7-4-8-14-22)18-17-24(23-15-9-10-16-25(23)29)27(33)31-20-19-30-26(32)21-11-5-3-6-12-21/h3-16,24H,2,17-20H2,1H3,(H,30,32)(H,31,33)/t24-,29?/m1/s1. The zero-order chi connectivity index (χ0) is 24.7. The van der Waals surface area contributed by atoms with E-state index in [9.17, 15) is 14.4 Å². The van der Waals surface area contributed by atoms with Crippen LogP contribution in [0.3, 0.4) is 0 Å². The highest BCUT2D eigenvalue weighted by atomic mass is 16.5. The molecule has 3 aromatic carbocycles. The lowest BCUT2D eigenvalue weighted by Gasteiger charge is -2.40. The molecule has 0 spiro atoms. The van der Waals surface area contributed by atoms with Gasteiger partial charge in [-0.1, -0.05) is 72.8 Å². The summed E-state index contributed by atoms with van der Waals surface area (Å²) in [7, 11) is 0. The van der Waals surface area contributed by atoms with Crippen LogP contribution in [0.2, 0.25) is 0 Å². The number of ether oxygens (including phenoxy) is 1. The maximum atomic E-state index is 13.4. The van der Waals surface area contributed by atoms with Gasteiger partial charge in [-0.2, -0.15) is 0 Å². The van der Waals surface area contributed by atoms with Crippen molar-refractivity contribution in [2.45, 2.75) is 31.1 Å². The maximum Gasteiger partial charge on any atom is 0.321 e. The molecule has 0 aromatic heterocycles. The fourth-order valence-electron chi connectivity index (χ4n) is 4.90. The lowest BCUT2D eigenvalue weighted by Crippen LogP contribution is -2.45. The third-order valence-corrected chi connectivity index (χ3v) is 6.56. The van der Waals surface area contributed by atoms with Gasteiger partial charge in [0.05, 0.1) is 12.5 Å². The van der Waals surface area contributed by atoms with Crippen molar-refractivity contribution < 1.29 is 19.1 Å².